The number of carbonyl (C=O) groups excluding carboxylic acids is 2. The lowest BCUT2D eigenvalue weighted by molar-refractivity contribution is -0.123. The number of cyclic esters (lactones) is 1. The van der Waals surface area contributed by atoms with Crippen LogP contribution in [0.15, 0.2) is 18.2 Å². The van der Waals surface area contributed by atoms with E-state index in [0.717, 1.165) is 0 Å². The van der Waals surface area contributed by atoms with Crippen molar-refractivity contribution in [3.8, 4) is 0 Å². The molecule has 2 aliphatic heterocycles. The Balaban J connectivity index is 1.57. The van der Waals surface area contributed by atoms with Crippen LogP contribution in [-0.4, -0.2) is 63.5 Å². The van der Waals surface area contributed by atoms with E-state index in [9.17, 15) is 14.0 Å². The number of hydrogen-bond donors (Lipinski definition) is 2. The highest BCUT2D eigenvalue weighted by Crippen LogP contribution is 2.28. The summed E-state index contributed by atoms with van der Waals surface area (Å²) in [5, 5.41) is 2.73. The van der Waals surface area contributed by atoms with Gasteiger partial charge in [0.25, 0.3) is 0 Å². The van der Waals surface area contributed by atoms with Gasteiger partial charge >= 0.3 is 6.09 Å². The van der Waals surface area contributed by atoms with Crippen LogP contribution < -0.4 is 20.9 Å². The summed E-state index contributed by atoms with van der Waals surface area (Å²) in [5.74, 6) is -0.353. The Morgan fingerprint density at radius 3 is 2.72 bits per heavy atom. The molecule has 0 spiro atoms. The topological polar surface area (TPSA) is 97.1 Å². The van der Waals surface area contributed by atoms with Gasteiger partial charge < -0.3 is 25.4 Å². The highest BCUT2D eigenvalue weighted by atomic mass is 19.1. The number of benzene rings is 1. The normalized spacial score (nSPS) is 20.7. The molecule has 0 aromatic heterocycles. The lowest BCUT2D eigenvalue weighted by Crippen LogP contribution is -2.44. The molecule has 1 aromatic carbocycles. The molecule has 2 heterocycles. The van der Waals surface area contributed by atoms with Crippen LogP contribution in [0.4, 0.5) is 20.6 Å². The summed E-state index contributed by atoms with van der Waals surface area (Å²) in [5.41, 5.74) is 6.78. The van der Waals surface area contributed by atoms with Crippen molar-refractivity contribution in [2.75, 3.05) is 49.2 Å². The minimum atomic E-state index is -0.593. The molecule has 3 N–H and O–H groups in total. The molecule has 2 saturated heterocycles. The summed E-state index contributed by atoms with van der Waals surface area (Å²) < 4.78 is 25.2. The number of nitrogens with one attached hydrogen (secondary N) is 1. The molecule has 1 aromatic rings. The van der Waals surface area contributed by atoms with Crippen LogP contribution in [0.5, 0.6) is 0 Å². The summed E-state index contributed by atoms with van der Waals surface area (Å²) in [6, 6.07) is 4.12. The molecule has 0 bridgehead atoms. The number of ether oxygens (including phenoxy) is 2. The molecule has 160 valence electrons. The summed E-state index contributed by atoms with van der Waals surface area (Å²) in [7, 11) is 0. The lowest BCUT2D eigenvalue weighted by Gasteiger charge is -2.29. The van der Waals surface area contributed by atoms with Crippen LogP contribution in [0.3, 0.4) is 0 Å². The summed E-state index contributed by atoms with van der Waals surface area (Å²) >= 11 is 0. The molecule has 2 atom stereocenters. The molecule has 29 heavy (non-hydrogen) atoms. The number of amides is 2. The molecule has 0 radical (unpaired) electrons. The maximum atomic E-state index is 14.6. The second kappa shape index (κ2) is 9.41. The van der Waals surface area contributed by atoms with Gasteiger partial charge in [-0.25, -0.2) is 9.18 Å². The Bertz CT molecular complexity index is 739. The Morgan fingerprint density at radius 1 is 1.34 bits per heavy atom. The van der Waals surface area contributed by atoms with E-state index in [1.54, 1.807) is 12.1 Å². The average molecular weight is 408 g/mol. The summed E-state index contributed by atoms with van der Waals surface area (Å²) in [4.78, 5) is 27.6. The van der Waals surface area contributed by atoms with Gasteiger partial charge in [-0.2, -0.15) is 0 Å². The van der Waals surface area contributed by atoms with Gasteiger partial charge in [-0.3, -0.25) is 9.69 Å². The van der Waals surface area contributed by atoms with E-state index >= 15 is 0 Å². The SMILES string of the molecule is CC(C)CC(N)C(=O)NCC1CN(c2ccc(N3CCOCC3)c(F)c2)C(=O)O1. The van der Waals surface area contributed by atoms with Crippen molar-refractivity contribution in [2.24, 2.45) is 11.7 Å². The van der Waals surface area contributed by atoms with Crippen LogP contribution in [0.25, 0.3) is 0 Å². The fraction of sp³-hybridized carbons (Fsp3) is 0.600. The maximum Gasteiger partial charge on any atom is 0.414 e. The number of morpholine rings is 1. The first-order valence-electron chi connectivity index (χ1n) is 9.99. The highest BCUT2D eigenvalue weighted by Gasteiger charge is 2.33. The van der Waals surface area contributed by atoms with Crippen LogP contribution in [0.1, 0.15) is 20.3 Å². The smallest absolute Gasteiger partial charge is 0.414 e. The summed E-state index contributed by atoms with van der Waals surface area (Å²) in [6.45, 7) is 6.77. The molecule has 2 fully saturated rings. The monoisotopic (exact) mass is 408 g/mol. The molecule has 9 heteroatoms. The molecule has 0 saturated carbocycles. The van der Waals surface area contributed by atoms with Crippen molar-refractivity contribution < 1.29 is 23.5 Å². The fourth-order valence-electron chi connectivity index (χ4n) is 3.52. The van der Waals surface area contributed by atoms with Crippen LogP contribution >= 0.6 is 0 Å². The van der Waals surface area contributed by atoms with E-state index < -0.39 is 24.1 Å². The molecule has 2 unspecified atom stereocenters. The third-order valence-electron chi connectivity index (χ3n) is 5.03. The minimum Gasteiger partial charge on any atom is -0.442 e. The van der Waals surface area contributed by atoms with E-state index in [1.807, 2.05) is 18.7 Å². The molecule has 2 aliphatic rings. The van der Waals surface area contributed by atoms with Crippen molar-refractivity contribution in [3.63, 3.8) is 0 Å². The van der Waals surface area contributed by atoms with Gasteiger partial charge in [0.15, 0.2) is 0 Å². The number of nitrogens with zero attached hydrogens (tertiary/aromatic N) is 2. The minimum absolute atomic E-state index is 0.168. The molecular weight excluding hydrogens is 379 g/mol. The van der Waals surface area contributed by atoms with Crippen LogP contribution in [0, 0.1) is 11.7 Å². The molecule has 3 rings (SSSR count). The van der Waals surface area contributed by atoms with Crippen molar-refractivity contribution >= 4 is 23.4 Å². The molecule has 8 nitrogen and oxygen atoms in total. The van der Waals surface area contributed by atoms with Gasteiger partial charge in [-0.15, -0.1) is 0 Å². The zero-order chi connectivity index (χ0) is 21.0. The van der Waals surface area contributed by atoms with E-state index in [4.69, 9.17) is 15.2 Å². The quantitative estimate of drug-likeness (QED) is 0.709. The number of anilines is 2. The van der Waals surface area contributed by atoms with Gasteiger partial charge in [0, 0.05) is 13.1 Å². The average Bonchev–Trinajstić information content (AvgIpc) is 3.06. The number of carbonyl (C=O) groups is 2. The maximum absolute atomic E-state index is 14.6. The van der Waals surface area contributed by atoms with E-state index in [0.29, 0.717) is 50.0 Å². The largest absolute Gasteiger partial charge is 0.442 e. The lowest BCUT2D eigenvalue weighted by atomic mass is 10.0. The third kappa shape index (κ3) is 5.36. The molecule has 2 amide bonds. The summed E-state index contributed by atoms with van der Waals surface area (Å²) in [6.07, 6.45) is -0.495. The van der Waals surface area contributed by atoms with Gasteiger partial charge in [0.1, 0.15) is 11.9 Å². The second-order valence-electron chi connectivity index (χ2n) is 7.83. The van der Waals surface area contributed by atoms with Crippen molar-refractivity contribution in [1.29, 1.82) is 0 Å². The van der Waals surface area contributed by atoms with Crippen molar-refractivity contribution in [1.82, 2.24) is 5.32 Å². The first kappa shape index (κ1) is 21.3. The van der Waals surface area contributed by atoms with Crippen LogP contribution in [-0.2, 0) is 14.3 Å². The number of hydrogen-bond acceptors (Lipinski definition) is 6. The molecule has 0 aliphatic carbocycles. The fourth-order valence-corrected chi connectivity index (χ4v) is 3.52. The Labute approximate surface area is 170 Å². The number of rotatable bonds is 7. The van der Waals surface area contributed by atoms with Gasteiger partial charge in [-0.05, 0) is 30.5 Å². The van der Waals surface area contributed by atoms with Gasteiger partial charge in [0.2, 0.25) is 5.91 Å². The van der Waals surface area contributed by atoms with E-state index in [1.165, 1.54) is 11.0 Å². The van der Waals surface area contributed by atoms with Gasteiger partial charge in [-0.1, -0.05) is 13.8 Å². The van der Waals surface area contributed by atoms with Crippen molar-refractivity contribution in [2.45, 2.75) is 32.4 Å². The number of halogens is 1. The Morgan fingerprint density at radius 2 is 2.07 bits per heavy atom. The predicted octanol–water partition coefficient (Wildman–Crippen LogP) is 1.48. The standard InChI is InChI=1S/C20H29FN4O4/c1-13(2)9-17(22)19(26)23-11-15-12-25(20(27)29-15)14-3-4-18(16(21)10-14)24-5-7-28-8-6-24/h3-4,10,13,15,17H,5-9,11-12,22H2,1-2H3,(H,23,26). The zero-order valence-corrected chi connectivity index (χ0v) is 16.9. The Hall–Kier alpha value is -2.39. The van der Waals surface area contributed by atoms with Crippen LogP contribution in [0.2, 0.25) is 0 Å². The van der Waals surface area contributed by atoms with Crippen molar-refractivity contribution in [3.05, 3.63) is 24.0 Å². The van der Waals surface area contributed by atoms with Gasteiger partial charge in [0.05, 0.1) is 43.7 Å². The first-order valence-corrected chi connectivity index (χ1v) is 9.99. The van der Waals surface area contributed by atoms with E-state index in [-0.39, 0.29) is 19.0 Å². The highest BCUT2D eigenvalue weighted by molar-refractivity contribution is 5.90. The zero-order valence-electron chi connectivity index (χ0n) is 16.9. The third-order valence-corrected chi connectivity index (χ3v) is 5.03. The first-order chi connectivity index (χ1) is 13.8. The second-order valence-corrected chi connectivity index (χ2v) is 7.83. The molecular formula is C20H29FN4O4. The van der Waals surface area contributed by atoms with E-state index in [2.05, 4.69) is 5.32 Å². The predicted molar refractivity (Wildman–Crippen MR) is 107 cm³/mol. The Kier molecular flexibility index (Phi) is 6.92. The number of nitrogens with two attached hydrogens (primary N) is 1.